The first-order valence-corrected chi connectivity index (χ1v) is 14.2. The third-order valence-corrected chi connectivity index (χ3v) is 8.51. The number of thioether (sulfide) groups is 1. The number of aromatic nitrogens is 2. The van der Waals surface area contributed by atoms with Gasteiger partial charge in [-0.15, -0.1) is 11.3 Å². The Balaban J connectivity index is 1.43. The predicted molar refractivity (Wildman–Crippen MR) is 151 cm³/mol. The number of ether oxygens (including phenoxy) is 1. The molecule has 5 rings (SSSR count). The maximum atomic E-state index is 13.8. The summed E-state index contributed by atoms with van der Waals surface area (Å²) in [6.45, 7) is 4.26. The zero-order valence-corrected chi connectivity index (χ0v) is 22.8. The third-order valence-electron chi connectivity index (χ3n) is 6.06. The summed E-state index contributed by atoms with van der Waals surface area (Å²) in [5.74, 6) is 0.460. The Labute approximate surface area is 227 Å². The van der Waals surface area contributed by atoms with Crippen molar-refractivity contribution in [3.63, 3.8) is 0 Å². The highest BCUT2D eigenvalue weighted by atomic mass is 35.5. The first kappa shape index (κ1) is 25.5. The number of halogens is 1. The van der Waals surface area contributed by atoms with Crippen LogP contribution in [0.3, 0.4) is 0 Å². The molecule has 1 aliphatic carbocycles. The number of amides is 1. The quantitative estimate of drug-likeness (QED) is 0.133. The van der Waals surface area contributed by atoms with Crippen molar-refractivity contribution in [1.82, 2.24) is 15.0 Å². The fraction of sp³-hybridized carbons (Fsp3) is 0.259. The smallest absolute Gasteiger partial charge is 0.267 e. The lowest BCUT2D eigenvalue weighted by Crippen LogP contribution is -2.24. The third kappa shape index (κ3) is 5.30. The summed E-state index contributed by atoms with van der Waals surface area (Å²) >= 11 is 9.01. The summed E-state index contributed by atoms with van der Waals surface area (Å²) in [7, 11) is 0. The number of carbonyl (C=O) groups excluding carboxylic acids is 1. The molecule has 2 heterocycles. The van der Waals surface area contributed by atoms with Crippen LogP contribution in [0, 0.1) is 0 Å². The van der Waals surface area contributed by atoms with E-state index in [1.165, 1.54) is 16.6 Å². The Hall–Kier alpha value is -3.14. The summed E-state index contributed by atoms with van der Waals surface area (Å²) in [4.78, 5) is 33.3. The van der Waals surface area contributed by atoms with Crippen LogP contribution in [-0.4, -0.2) is 33.5 Å². The van der Waals surface area contributed by atoms with Gasteiger partial charge in [0, 0.05) is 15.5 Å². The number of rotatable bonds is 8. The highest BCUT2D eigenvalue weighted by molar-refractivity contribution is 7.99. The summed E-state index contributed by atoms with van der Waals surface area (Å²) < 4.78 is 7.16. The number of hydrazone groups is 1. The summed E-state index contributed by atoms with van der Waals surface area (Å²) in [6.07, 6.45) is 2.93. The predicted octanol–water partition coefficient (Wildman–Crippen LogP) is 5.62. The zero-order chi connectivity index (χ0) is 25.9. The molecule has 1 amide bonds. The Morgan fingerprint density at radius 3 is 2.76 bits per heavy atom. The molecule has 0 fully saturated rings. The van der Waals surface area contributed by atoms with Gasteiger partial charge in [-0.2, -0.15) is 5.10 Å². The molecule has 0 aliphatic heterocycles. The molecule has 1 aliphatic rings. The van der Waals surface area contributed by atoms with Crippen molar-refractivity contribution >= 4 is 56.5 Å². The molecule has 0 atom stereocenters. The van der Waals surface area contributed by atoms with Gasteiger partial charge >= 0.3 is 0 Å². The lowest BCUT2D eigenvalue weighted by atomic mass is 10.1. The number of aryl methyl sites for hydroxylation is 2. The van der Waals surface area contributed by atoms with Crippen LogP contribution in [0.15, 0.2) is 63.6 Å². The number of thiophene rings is 1. The molecule has 37 heavy (non-hydrogen) atoms. The van der Waals surface area contributed by atoms with Gasteiger partial charge in [-0.1, -0.05) is 41.6 Å². The Kier molecular flexibility index (Phi) is 7.64. The van der Waals surface area contributed by atoms with Crippen molar-refractivity contribution in [2.45, 2.75) is 38.3 Å². The standard InChI is InChI=1S/C27H25ClN4O3S2/c1-3-35-18-13-11-17(12-14-18)32-26(34)24-20-8-6-10-22(20)37-25(24)29-27(32)36-15-23(33)31-30-16(2)19-7-4-5-9-21(19)28/h4-5,7,9,11-14H,3,6,8,10,15H2,1-2H3,(H,31,33). The second kappa shape index (κ2) is 11.1. The molecule has 4 aromatic rings. The number of hydrogen-bond donors (Lipinski definition) is 1. The van der Waals surface area contributed by atoms with Crippen molar-refractivity contribution in [2.75, 3.05) is 12.4 Å². The highest BCUT2D eigenvalue weighted by Gasteiger charge is 2.24. The molecule has 0 spiro atoms. The van der Waals surface area contributed by atoms with Crippen molar-refractivity contribution in [3.05, 3.63) is 79.9 Å². The van der Waals surface area contributed by atoms with Crippen molar-refractivity contribution in [3.8, 4) is 11.4 Å². The second-order valence-electron chi connectivity index (χ2n) is 8.50. The number of fused-ring (bicyclic) bond motifs is 3. The SMILES string of the molecule is CCOc1ccc(-n2c(SCC(=O)NN=C(C)c3ccccc3Cl)nc3sc4c(c3c2=O)CCC4)cc1. The van der Waals surface area contributed by atoms with E-state index in [0.29, 0.717) is 33.6 Å². The van der Waals surface area contributed by atoms with Crippen LogP contribution in [0.1, 0.15) is 36.3 Å². The summed E-state index contributed by atoms with van der Waals surface area (Å²) in [5, 5.41) is 5.91. The van der Waals surface area contributed by atoms with Gasteiger partial charge in [0.2, 0.25) is 0 Å². The largest absolute Gasteiger partial charge is 0.494 e. The van der Waals surface area contributed by atoms with Gasteiger partial charge in [-0.25, -0.2) is 10.4 Å². The van der Waals surface area contributed by atoms with Crippen molar-refractivity contribution in [1.29, 1.82) is 0 Å². The van der Waals surface area contributed by atoms with Crippen LogP contribution in [0.5, 0.6) is 5.75 Å². The van der Waals surface area contributed by atoms with Gasteiger partial charge in [0.1, 0.15) is 10.6 Å². The van der Waals surface area contributed by atoms with Crippen LogP contribution in [0.4, 0.5) is 0 Å². The first-order chi connectivity index (χ1) is 18.0. The van der Waals surface area contributed by atoms with E-state index >= 15 is 0 Å². The normalized spacial score (nSPS) is 13.1. The van der Waals surface area contributed by atoms with E-state index in [9.17, 15) is 9.59 Å². The Morgan fingerprint density at radius 2 is 2.00 bits per heavy atom. The molecule has 0 bridgehead atoms. The highest BCUT2D eigenvalue weighted by Crippen LogP contribution is 2.36. The maximum Gasteiger partial charge on any atom is 0.267 e. The Bertz CT molecular complexity index is 1560. The van der Waals surface area contributed by atoms with E-state index in [1.54, 1.807) is 28.9 Å². The van der Waals surface area contributed by atoms with E-state index in [0.717, 1.165) is 41.0 Å². The maximum absolute atomic E-state index is 13.8. The van der Waals surface area contributed by atoms with Crippen LogP contribution in [0.2, 0.25) is 5.02 Å². The monoisotopic (exact) mass is 552 g/mol. The van der Waals surface area contributed by atoms with E-state index < -0.39 is 0 Å². The van der Waals surface area contributed by atoms with Crippen LogP contribution < -0.4 is 15.7 Å². The topological polar surface area (TPSA) is 85.6 Å². The zero-order valence-electron chi connectivity index (χ0n) is 20.4. The van der Waals surface area contributed by atoms with Gasteiger partial charge in [-0.3, -0.25) is 14.2 Å². The molecule has 0 saturated heterocycles. The molecule has 7 nitrogen and oxygen atoms in total. The molecule has 0 unspecified atom stereocenters. The molecule has 0 radical (unpaired) electrons. The van der Waals surface area contributed by atoms with Crippen LogP contribution >= 0.6 is 34.7 Å². The number of nitrogens with zero attached hydrogens (tertiary/aromatic N) is 3. The molecule has 1 N–H and O–H groups in total. The molecule has 190 valence electrons. The molecular formula is C27H25ClN4O3S2. The second-order valence-corrected chi connectivity index (χ2v) is 10.9. The van der Waals surface area contributed by atoms with Gasteiger partial charge in [-0.05, 0) is 69.0 Å². The number of benzene rings is 2. The summed E-state index contributed by atoms with van der Waals surface area (Å²) in [5.41, 5.74) is 5.62. The van der Waals surface area contributed by atoms with Gasteiger partial charge < -0.3 is 4.74 Å². The number of hydrogen-bond acceptors (Lipinski definition) is 7. The fourth-order valence-electron chi connectivity index (χ4n) is 4.33. The van der Waals surface area contributed by atoms with E-state index in [-0.39, 0.29) is 17.2 Å². The van der Waals surface area contributed by atoms with Gasteiger partial charge in [0.05, 0.1) is 29.1 Å². The molecule has 10 heteroatoms. The van der Waals surface area contributed by atoms with Crippen molar-refractivity contribution in [2.24, 2.45) is 5.10 Å². The van der Waals surface area contributed by atoms with Gasteiger partial charge in [0.25, 0.3) is 11.5 Å². The number of nitrogens with one attached hydrogen (secondary N) is 1. The van der Waals surface area contributed by atoms with Crippen LogP contribution in [-0.2, 0) is 17.6 Å². The Morgan fingerprint density at radius 1 is 1.22 bits per heavy atom. The van der Waals surface area contributed by atoms with Crippen molar-refractivity contribution < 1.29 is 9.53 Å². The van der Waals surface area contributed by atoms with E-state index in [2.05, 4.69) is 10.5 Å². The lowest BCUT2D eigenvalue weighted by Gasteiger charge is -2.13. The summed E-state index contributed by atoms with van der Waals surface area (Å²) in [6, 6.07) is 14.7. The minimum atomic E-state index is -0.308. The molecule has 2 aromatic carbocycles. The first-order valence-electron chi connectivity index (χ1n) is 12.0. The van der Waals surface area contributed by atoms with Gasteiger partial charge in [0.15, 0.2) is 5.16 Å². The molecule has 2 aromatic heterocycles. The van der Waals surface area contributed by atoms with E-state index in [4.69, 9.17) is 21.3 Å². The fourth-order valence-corrected chi connectivity index (χ4v) is 6.71. The average molecular weight is 553 g/mol. The molecule has 0 saturated carbocycles. The van der Waals surface area contributed by atoms with E-state index in [1.807, 2.05) is 49.4 Å². The molecular weight excluding hydrogens is 528 g/mol. The minimum absolute atomic E-state index is 0.0410. The van der Waals surface area contributed by atoms with Crippen LogP contribution in [0.25, 0.3) is 15.9 Å². The number of carbonyl (C=O) groups is 1. The minimum Gasteiger partial charge on any atom is -0.494 e. The lowest BCUT2D eigenvalue weighted by molar-refractivity contribution is -0.118. The average Bonchev–Trinajstić information content (AvgIpc) is 3.48.